The van der Waals surface area contributed by atoms with E-state index in [1.54, 1.807) is 36.1 Å². The molecule has 4 rings (SSSR count). The van der Waals surface area contributed by atoms with Gasteiger partial charge in [-0.05, 0) is 42.7 Å². The van der Waals surface area contributed by atoms with Gasteiger partial charge in [0.1, 0.15) is 0 Å². The number of aryl methyl sites for hydroxylation is 1. The normalized spacial score (nSPS) is 16.7. The molecule has 1 atom stereocenters. The first kappa shape index (κ1) is 24.8. The highest BCUT2D eigenvalue weighted by molar-refractivity contribution is 6.42. The van der Waals surface area contributed by atoms with Crippen molar-refractivity contribution in [3.05, 3.63) is 99.5 Å². The molecule has 1 aliphatic rings. The van der Waals surface area contributed by atoms with E-state index in [2.05, 4.69) is 5.32 Å². The van der Waals surface area contributed by atoms with Gasteiger partial charge in [0.25, 0.3) is 17.5 Å². The number of ether oxygens (including phenoxy) is 1. The van der Waals surface area contributed by atoms with Gasteiger partial charge in [0.15, 0.2) is 0 Å². The fourth-order valence-electron chi connectivity index (χ4n) is 4.09. The number of nitrogens with zero attached hydrogens (tertiary/aromatic N) is 1. The summed E-state index contributed by atoms with van der Waals surface area (Å²) in [5.74, 6) is -1.77. The van der Waals surface area contributed by atoms with Gasteiger partial charge >= 0.3 is 5.97 Å². The Labute approximate surface area is 213 Å². The molecule has 3 aromatic carbocycles. The largest absolute Gasteiger partial charge is 0.425 e. The molecular formula is C27H24Cl2N2O4. The molecule has 8 heteroatoms. The Morgan fingerprint density at radius 2 is 1.69 bits per heavy atom. The van der Waals surface area contributed by atoms with Crippen molar-refractivity contribution < 1.29 is 19.1 Å². The first-order valence-electron chi connectivity index (χ1n) is 11.3. The maximum Gasteiger partial charge on any atom is 0.308 e. The van der Waals surface area contributed by atoms with Crippen molar-refractivity contribution in [2.24, 2.45) is 0 Å². The van der Waals surface area contributed by atoms with Crippen LogP contribution in [-0.4, -0.2) is 24.3 Å². The standard InChI is InChI=1S/C27H24Cl2N2O4/c1-2-24(32)35-27(30-25(33)19-14-15-21(28)22(29)17-19)20-12-6-7-13-23(20)31(26(27)34)16-8-11-18-9-4-3-5-10-18/h3-7,9-10,12-15,17H,2,8,11,16H2,1H3,(H,30,33). The molecule has 1 heterocycles. The van der Waals surface area contributed by atoms with Crippen LogP contribution < -0.4 is 10.2 Å². The van der Waals surface area contributed by atoms with Crippen LogP contribution in [0.3, 0.4) is 0 Å². The number of carbonyl (C=O) groups is 3. The number of amides is 2. The highest BCUT2D eigenvalue weighted by Gasteiger charge is 2.55. The second kappa shape index (κ2) is 10.5. The number of fused-ring (bicyclic) bond motifs is 1. The number of anilines is 1. The van der Waals surface area contributed by atoms with E-state index in [0.29, 0.717) is 29.2 Å². The molecule has 6 nitrogen and oxygen atoms in total. The van der Waals surface area contributed by atoms with Gasteiger partial charge in [-0.3, -0.25) is 14.4 Å². The zero-order valence-corrected chi connectivity index (χ0v) is 20.6. The van der Waals surface area contributed by atoms with E-state index in [1.165, 1.54) is 18.2 Å². The molecule has 0 saturated heterocycles. The van der Waals surface area contributed by atoms with Crippen LogP contribution >= 0.6 is 23.2 Å². The number of halogens is 2. The molecule has 0 saturated carbocycles. The Kier molecular flexibility index (Phi) is 7.43. The lowest BCUT2D eigenvalue weighted by molar-refractivity contribution is -0.170. The Morgan fingerprint density at radius 3 is 2.40 bits per heavy atom. The van der Waals surface area contributed by atoms with Crippen LogP contribution in [0, 0.1) is 0 Å². The van der Waals surface area contributed by atoms with Crippen LogP contribution in [0.4, 0.5) is 5.69 Å². The van der Waals surface area contributed by atoms with Crippen molar-refractivity contribution in [2.45, 2.75) is 31.9 Å². The molecule has 0 fully saturated rings. The van der Waals surface area contributed by atoms with E-state index in [9.17, 15) is 14.4 Å². The Bertz CT molecular complexity index is 1270. The third-order valence-corrected chi connectivity index (χ3v) is 6.58. The third-order valence-electron chi connectivity index (χ3n) is 5.84. The number of esters is 1. The summed E-state index contributed by atoms with van der Waals surface area (Å²) in [6, 6.07) is 21.3. The van der Waals surface area contributed by atoms with Crippen molar-refractivity contribution in [2.75, 3.05) is 11.4 Å². The van der Waals surface area contributed by atoms with E-state index in [1.807, 2.05) is 30.3 Å². The molecule has 2 amide bonds. The average molecular weight is 511 g/mol. The smallest absolute Gasteiger partial charge is 0.308 e. The minimum absolute atomic E-state index is 0.0356. The molecule has 1 unspecified atom stereocenters. The minimum Gasteiger partial charge on any atom is -0.425 e. The number of hydrogen-bond donors (Lipinski definition) is 1. The molecule has 3 aromatic rings. The first-order chi connectivity index (χ1) is 16.9. The molecule has 1 N–H and O–H groups in total. The SMILES string of the molecule is CCC(=O)OC1(NC(=O)c2ccc(Cl)c(Cl)c2)C(=O)N(CCCc2ccccc2)c2ccccc21. The lowest BCUT2D eigenvalue weighted by atomic mass is 10.0. The third kappa shape index (κ3) is 5.04. The van der Waals surface area contributed by atoms with Crippen LogP contribution in [0.1, 0.15) is 41.3 Å². The molecule has 180 valence electrons. The van der Waals surface area contributed by atoms with Gasteiger partial charge in [0.2, 0.25) is 0 Å². The van der Waals surface area contributed by atoms with E-state index < -0.39 is 23.5 Å². The van der Waals surface area contributed by atoms with Crippen molar-refractivity contribution in [1.29, 1.82) is 0 Å². The topological polar surface area (TPSA) is 75.7 Å². The van der Waals surface area contributed by atoms with Crippen molar-refractivity contribution in [3.63, 3.8) is 0 Å². The summed E-state index contributed by atoms with van der Waals surface area (Å²) in [5.41, 5.74) is 0.339. The Morgan fingerprint density at radius 1 is 0.971 bits per heavy atom. The molecule has 0 aliphatic carbocycles. The summed E-state index contributed by atoms with van der Waals surface area (Å²) >= 11 is 12.1. The van der Waals surface area contributed by atoms with Crippen LogP contribution in [0.15, 0.2) is 72.8 Å². The maximum atomic E-state index is 13.9. The van der Waals surface area contributed by atoms with Gasteiger partial charge in [-0.2, -0.15) is 0 Å². The monoisotopic (exact) mass is 510 g/mol. The van der Waals surface area contributed by atoms with Crippen molar-refractivity contribution in [1.82, 2.24) is 5.32 Å². The van der Waals surface area contributed by atoms with E-state index in [-0.39, 0.29) is 17.0 Å². The number of hydrogen-bond acceptors (Lipinski definition) is 4. The summed E-state index contributed by atoms with van der Waals surface area (Å²) in [5, 5.41) is 3.18. The van der Waals surface area contributed by atoms with Crippen LogP contribution in [0.25, 0.3) is 0 Å². The fourth-order valence-corrected chi connectivity index (χ4v) is 4.38. The summed E-state index contributed by atoms with van der Waals surface area (Å²) < 4.78 is 5.71. The van der Waals surface area contributed by atoms with Crippen LogP contribution in [0.5, 0.6) is 0 Å². The predicted octanol–water partition coefficient (Wildman–Crippen LogP) is 5.51. The van der Waals surface area contributed by atoms with Crippen LogP contribution in [0.2, 0.25) is 10.0 Å². The zero-order valence-electron chi connectivity index (χ0n) is 19.1. The molecule has 35 heavy (non-hydrogen) atoms. The van der Waals surface area contributed by atoms with Crippen molar-refractivity contribution >= 4 is 46.7 Å². The molecule has 1 aliphatic heterocycles. The van der Waals surface area contributed by atoms with Gasteiger partial charge < -0.3 is 15.0 Å². The number of carbonyl (C=O) groups excluding carboxylic acids is 3. The van der Waals surface area contributed by atoms with E-state index >= 15 is 0 Å². The highest BCUT2D eigenvalue weighted by Crippen LogP contribution is 2.42. The lowest BCUT2D eigenvalue weighted by Crippen LogP contribution is -2.55. The summed E-state index contributed by atoms with van der Waals surface area (Å²) in [4.78, 5) is 41.1. The molecule has 0 aromatic heterocycles. The van der Waals surface area contributed by atoms with Crippen LogP contribution in [-0.2, 0) is 26.5 Å². The first-order valence-corrected chi connectivity index (χ1v) is 12.1. The van der Waals surface area contributed by atoms with Crippen molar-refractivity contribution in [3.8, 4) is 0 Å². The number of nitrogens with one attached hydrogen (secondary N) is 1. The second-order valence-electron chi connectivity index (χ2n) is 8.15. The number of benzene rings is 3. The summed E-state index contributed by atoms with van der Waals surface area (Å²) in [6.45, 7) is 2.01. The lowest BCUT2D eigenvalue weighted by Gasteiger charge is -2.29. The second-order valence-corrected chi connectivity index (χ2v) is 8.97. The van der Waals surface area contributed by atoms with Gasteiger partial charge in [0, 0.05) is 18.5 Å². The van der Waals surface area contributed by atoms with Gasteiger partial charge in [-0.15, -0.1) is 0 Å². The van der Waals surface area contributed by atoms with Gasteiger partial charge in [-0.1, -0.05) is 78.7 Å². The quantitative estimate of drug-likeness (QED) is 0.320. The summed E-state index contributed by atoms with van der Waals surface area (Å²) in [6.07, 6.45) is 1.49. The van der Waals surface area contributed by atoms with Gasteiger partial charge in [-0.25, -0.2) is 0 Å². The summed E-state index contributed by atoms with van der Waals surface area (Å²) in [7, 11) is 0. The van der Waals surface area contributed by atoms with E-state index in [4.69, 9.17) is 27.9 Å². The molecule has 0 bridgehead atoms. The molecule has 0 radical (unpaired) electrons. The zero-order chi connectivity index (χ0) is 25.0. The minimum atomic E-state index is -1.99. The highest BCUT2D eigenvalue weighted by atomic mass is 35.5. The number of para-hydroxylation sites is 1. The average Bonchev–Trinajstić information content (AvgIpc) is 3.09. The van der Waals surface area contributed by atoms with E-state index in [0.717, 1.165) is 12.0 Å². The fraction of sp³-hybridized carbons (Fsp3) is 0.222. The Balaban J connectivity index is 1.67. The molecule has 0 spiro atoms. The molecular weight excluding hydrogens is 487 g/mol. The maximum absolute atomic E-state index is 13.9. The van der Waals surface area contributed by atoms with Gasteiger partial charge in [0.05, 0.1) is 21.3 Å². The predicted molar refractivity (Wildman–Crippen MR) is 136 cm³/mol. The Hall–Kier alpha value is -3.35. The number of rotatable bonds is 8.